The summed E-state index contributed by atoms with van der Waals surface area (Å²) in [5.41, 5.74) is 2.41. The Hall–Kier alpha value is -2.73. The van der Waals surface area contributed by atoms with Gasteiger partial charge in [0.1, 0.15) is 5.69 Å². The maximum atomic E-state index is 14.0. The second-order valence-corrected chi connectivity index (χ2v) is 13.1. The topological polar surface area (TPSA) is 71.0 Å². The van der Waals surface area contributed by atoms with Gasteiger partial charge < -0.3 is 9.55 Å². The second-order valence-electron chi connectivity index (χ2n) is 13.1. The lowest BCUT2D eigenvalue weighted by Crippen LogP contribution is -2.55. The first-order valence-electron chi connectivity index (χ1n) is 14.9. The fourth-order valence-corrected chi connectivity index (χ4v) is 8.95. The molecule has 3 aliphatic carbocycles. The molecule has 1 N–H and O–H groups in total. The molecule has 0 amide bonds. The number of nitrogens with one attached hydrogen (secondary N) is 1. The first-order chi connectivity index (χ1) is 18.4. The highest BCUT2D eigenvalue weighted by molar-refractivity contribution is 5.77. The number of benzene rings is 1. The van der Waals surface area contributed by atoms with E-state index in [-0.39, 0.29) is 22.9 Å². The first kappa shape index (κ1) is 24.3. The van der Waals surface area contributed by atoms with Crippen LogP contribution in [0.1, 0.15) is 77.7 Å². The zero-order valence-corrected chi connectivity index (χ0v) is 22.7. The van der Waals surface area contributed by atoms with Gasteiger partial charge in [-0.05, 0) is 105 Å². The van der Waals surface area contributed by atoms with Crippen LogP contribution in [0.25, 0.3) is 22.3 Å². The largest absolute Gasteiger partial charge is 0.329 e. The Morgan fingerprint density at radius 1 is 0.947 bits per heavy atom. The number of aromatic amines is 1. The van der Waals surface area contributed by atoms with Crippen molar-refractivity contribution in [1.29, 1.82) is 0 Å². The molecule has 0 spiro atoms. The number of H-pyrrole nitrogens is 1. The van der Waals surface area contributed by atoms with E-state index < -0.39 is 0 Å². The van der Waals surface area contributed by atoms with E-state index in [1.54, 1.807) is 18.3 Å². The number of pyridine rings is 1. The Labute approximate surface area is 224 Å². The summed E-state index contributed by atoms with van der Waals surface area (Å²) in [6.45, 7) is 6.22. The van der Waals surface area contributed by atoms with Crippen molar-refractivity contribution in [3.8, 4) is 11.3 Å². The van der Waals surface area contributed by atoms with Crippen LogP contribution in [-0.4, -0.2) is 38.1 Å². The molecule has 5 aliphatic rings. The molecule has 4 bridgehead atoms. The van der Waals surface area contributed by atoms with Crippen molar-refractivity contribution in [3.63, 3.8) is 0 Å². The fraction of sp³-hybridized carbons (Fsp3) is 0.594. The van der Waals surface area contributed by atoms with E-state index in [1.165, 1.54) is 51.5 Å². The van der Waals surface area contributed by atoms with Crippen molar-refractivity contribution in [2.45, 2.75) is 89.8 Å². The molecule has 8 rings (SSSR count). The van der Waals surface area contributed by atoms with E-state index in [2.05, 4.69) is 28.7 Å². The Morgan fingerprint density at radius 2 is 1.74 bits per heavy atom. The number of piperidine rings is 2. The number of hydrogen-bond donors (Lipinski definition) is 1. The van der Waals surface area contributed by atoms with Gasteiger partial charge in [-0.1, -0.05) is 32.4 Å². The smallest absolute Gasteiger partial charge is 0.278 e. The lowest BCUT2D eigenvalue weighted by atomic mass is 9.45. The van der Waals surface area contributed by atoms with Gasteiger partial charge in [0.05, 0.1) is 16.6 Å². The molecule has 3 saturated carbocycles. The molecule has 1 aromatic carbocycles. The van der Waals surface area contributed by atoms with Crippen LogP contribution in [-0.2, 0) is 0 Å². The summed E-state index contributed by atoms with van der Waals surface area (Å²) in [4.78, 5) is 36.8. The van der Waals surface area contributed by atoms with Crippen molar-refractivity contribution in [1.82, 2.24) is 19.4 Å². The summed E-state index contributed by atoms with van der Waals surface area (Å²) in [5.74, 6) is 2.76. The van der Waals surface area contributed by atoms with Gasteiger partial charge in [-0.3, -0.25) is 14.5 Å². The molecule has 38 heavy (non-hydrogen) atoms. The highest BCUT2D eigenvalue weighted by Gasteiger charge is 2.54. The minimum atomic E-state index is -0.269. The number of hydrogen-bond acceptors (Lipinski definition) is 4. The van der Waals surface area contributed by atoms with Crippen molar-refractivity contribution in [2.24, 2.45) is 23.2 Å². The minimum Gasteiger partial charge on any atom is -0.329 e. The van der Waals surface area contributed by atoms with Crippen LogP contribution in [0.5, 0.6) is 0 Å². The van der Waals surface area contributed by atoms with E-state index in [4.69, 9.17) is 0 Å². The summed E-state index contributed by atoms with van der Waals surface area (Å²) >= 11 is 0. The quantitative estimate of drug-likeness (QED) is 0.471. The predicted octanol–water partition coefficient (Wildman–Crippen LogP) is 5.77. The molecule has 3 aromatic rings. The number of para-hydroxylation sites is 2. The molecule has 6 atom stereocenters. The third kappa shape index (κ3) is 3.82. The monoisotopic (exact) mass is 512 g/mol. The van der Waals surface area contributed by atoms with Crippen LogP contribution in [0, 0.1) is 23.2 Å². The molecule has 0 radical (unpaired) electrons. The van der Waals surface area contributed by atoms with Gasteiger partial charge in [-0.25, -0.2) is 4.98 Å². The first-order valence-corrected chi connectivity index (χ1v) is 14.9. The van der Waals surface area contributed by atoms with Crippen molar-refractivity contribution < 1.29 is 0 Å². The van der Waals surface area contributed by atoms with E-state index in [0.29, 0.717) is 23.1 Å². The van der Waals surface area contributed by atoms with E-state index in [0.717, 1.165) is 41.6 Å². The highest BCUT2D eigenvalue weighted by atomic mass is 16.1. The molecule has 5 fully saturated rings. The van der Waals surface area contributed by atoms with Crippen molar-refractivity contribution in [2.75, 3.05) is 6.54 Å². The number of nitrogens with zero attached hydrogens (tertiary/aromatic N) is 3. The van der Waals surface area contributed by atoms with Gasteiger partial charge in [0.25, 0.3) is 11.1 Å². The van der Waals surface area contributed by atoms with Gasteiger partial charge in [-0.2, -0.15) is 0 Å². The summed E-state index contributed by atoms with van der Waals surface area (Å²) < 4.78 is 1.99. The van der Waals surface area contributed by atoms with Crippen molar-refractivity contribution in [3.05, 3.63) is 63.3 Å². The molecule has 200 valence electrons. The summed E-state index contributed by atoms with van der Waals surface area (Å²) in [6.07, 6.45) is 12.9. The molecule has 2 aromatic heterocycles. The Balaban J connectivity index is 1.18. The zero-order chi connectivity index (χ0) is 26.0. The van der Waals surface area contributed by atoms with Crippen LogP contribution in [0.4, 0.5) is 0 Å². The molecule has 6 nitrogen and oxygen atoms in total. The van der Waals surface area contributed by atoms with Crippen LogP contribution in [0.2, 0.25) is 0 Å². The molecule has 2 saturated heterocycles. The van der Waals surface area contributed by atoms with E-state index >= 15 is 0 Å². The molecule has 4 heterocycles. The Morgan fingerprint density at radius 3 is 2.47 bits per heavy atom. The number of rotatable bonds is 5. The van der Waals surface area contributed by atoms with E-state index in [9.17, 15) is 9.59 Å². The lowest BCUT2D eigenvalue weighted by Gasteiger charge is -2.60. The molecule has 2 aliphatic heterocycles. The molecular formula is C32H40N4O2. The molecule has 0 unspecified atom stereocenters. The van der Waals surface area contributed by atoms with Gasteiger partial charge in [-0.15, -0.1) is 0 Å². The third-order valence-corrected chi connectivity index (χ3v) is 11.1. The molecular weight excluding hydrogens is 472 g/mol. The fourth-order valence-electron chi connectivity index (χ4n) is 8.95. The zero-order valence-electron chi connectivity index (χ0n) is 22.7. The number of fused-ring (bicyclic) bond motifs is 5. The average Bonchev–Trinajstić information content (AvgIpc) is 2.91. The summed E-state index contributed by atoms with van der Waals surface area (Å²) in [5, 5.41) is 0. The third-order valence-electron chi connectivity index (χ3n) is 11.1. The second kappa shape index (κ2) is 9.18. The number of aromatic nitrogens is 3. The van der Waals surface area contributed by atoms with Gasteiger partial charge in [0.2, 0.25) is 0 Å². The minimum absolute atomic E-state index is 0.129. The van der Waals surface area contributed by atoms with Crippen LogP contribution >= 0.6 is 0 Å². The van der Waals surface area contributed by atoms with Gasteiger partial charge >= 0.3 is 0 Å². The molecule has 6 heteroatoms. The Bertz CT molecular complexity index is 1460. The van der Waals surface area contributed by atoms with Crippen LogP contribution in [0.3, 0.4) is 0 Å². The van der Waals surface area contributed by atoms with Crippen LogP contribution < -0.4 is 11.1 Å². The SMILES string of the molecule is CC1(C)[C@H]2CC[C@@H](CCN3[C@@H]4CCC[C@H]3C[C@@H](n3c(=O)c(-c5ccc[nH]c5=O)nc5ccccc53)C4)[C@@H]1C2. The van der Waals surface area contributed by atoms with E-state index in [1.807, 2.05) is 28.8 Å². The summed E-state index contributed by atoms with van der Waals surface area (Å²) in [6, 6.07) is 12.6. The lowest BCUT2D eigenvalue weighted by molar-refractivity contribution is -0.111. The van der Waals surface area contributed by atoms with Crippen molar-refractivity contribution >= 4 is 11.0 Å². The average molecular weight is 513 g/mol. The standard InChI is InChI=1S/C32H40N4O2/c1-32(2)21-13-12-20(26(32)17-21)14-16-35-22-7-5-8-23(35)19-24(18-22)36-28-11-4-3-10-27(28)34-29(31(36)38)25-9-6-15-33-30(25)37/h3-4,6,9-11,15,20-24,26H,5,7-8,12-14,16-19H2,1-2H3,(H,33,37)/t20-,21-,22-,23+,24+,26-/m0/s1. The maximum Gasteiger partial charge on any atom is 0.278 e. The van der Waals surface area contributed by atoms with Crippen LogP contribution in [0.15, 0.2) is 52.2 Å². The predicted molar refractivity (Wildman–Crippen MR) is 151 cm³/mol. The normalized spacial score (nSPS) is 32.2. The summed E-state index contributed by atoms with van der Waals surface area (Å²) in [7, 11) is 0. The highest BCUT2D eigenvalue weighted by Crippen LogP contribution is 2.62. The van der Waals surface area contributed by atoms with Gasteiger partial charge in [0.15, 0.2) is 0 Å². The Kier molecular flexibility index (Phi) is 5.88. The van der Waals surface area contributed by atoms with Gasteiger partial charge in [0, 0.05) is 24.3 Å². The maximum absolute atomic E-state index is 14.0.